The first-order chi connectivity index (χ1) is 15.2. The molecule has 0 fully saturated rings. The molecule has 0 unspecified atom stereocenters. The highest BCUT2D eigenvalue weighted by molar-refractivity contribution is 6.21. The molecule has 0 aliphatic rings. The molecule has 0 aliphatic carbocycles. The molecule has 0 spiro atoms. The lowest BCUT2D eigenvalue weighted by molar-refractivity contribution is 0.332. The van der Waals surface area contributed by atoms with Crippen LogP contribution >= 0.6 is 0 Å². The molecule has 154 valence electrons. The van der Waals surface area contributed by atoms with Gasteiger partial charge in [-0.3, -0.25) is 0 Å². The van der Waals surface area contributed by atoms with Gasteiger partial charge in [0.25, 0.3) is 0 Å². The summed E-state index contributed by atoms with van der Waals surface area (Å²) in [5.74, 6) is 1.74. The van der Waals surface area contributed by atoms with Gasteiger partial charge in [0.1, 0.15) is 11.5 Å². The van der Waals surface area contributed by atoms with E-state index in [0.29, 0.717) is 13.2 Å². The quantitative estimate of drug-likeness (QED) is 0.276. The Balaban J connectivity index is 1.93. The fraction of sp³-hybridized carbons (Fsp3) is 0.172. The van der Waals surface area contributed by atoms with Crippen molar-refractivity contribution in [2.75, 3.05) is 13.2 Å². The standard InChI is InChI=1S/C29H26O2/c1-4-30-20-14-15-29(31-5-2)28(17-20)27-18-26-22-11-7-6-10-21(22)19(3)16-25(26)23-12-8-9-13-24(23)27/h6-18H,4-5H2,1-3H3. The lowest BCUT2D eigenvalue weighted by Gasteiger charge is -2.17. The predicted octanol–water partition coefficient (Wildman–Crippen LogP) is 7.92. The molecule has 0 aromatic heterocycles. The molecule has 0 bridgehead atoms. The summed E-state index contributed by atoms with van der Waals surface area (Å²) in [6, 6.07) is 28.1. The Kier molecular flexibility index (Phi) is 4.99. The number of hydrogen-bond donors (Lipinski definition) is 0. The average Bonchev–Trinajstić information content (AvgIpc) is 2.80. The lowest BCUT2D eigenvalue weighted by atomic mass is 9.89. The summed E-state index contributed by atoms with van der Waals surface area (Å²) < 4.78 is 11.9. The SMILES string of the molecule is CCOc1ccc(OCC)c(-c2cc3c4ccccc4c(C)cc3c3ccccc23)c1. The largest absolute Gasteiger partial charge is 0.494 e. The van der Waals surface area contributed by atoms with E-state index < -0.39 is 0 Å². The van der Waals surface area contributed by atoms with E-state index in [0.717, 1.165) is 17.1 Å². The molecule has 0 saturated heterocycles. The third-order valence-electron chi connectivity index (χ3n) is 5.94. The first-order valence-electron chi connectivity index (χ1n) is 10.9. The maximum absolute atomic E-state index is 6.04. The van der Waals surface area contributed by atoms with Crippen LogP contribution in [0.2, 0.25) is 0 Å². The fourth-order valence-electron chi connectivity index (χ4n) is 4.61. The topological polar surface area (TPSA) is 18.5 Å². The Morgan fingerprint density at radius 1 is 0.548 bits per heavy atom. The van der Waals surface area contributed by atoms with E-state index in [1.54, 1.807) is 0 Å². The molecule has 0 atom stereocenters. The van der Waals surface area contributed by atoms with E-state index in [2.05, 4.69) is 73.7 Å². The minimum atomic E-state index is 0.620. The van der Waals surface area contributed by atoms with E-state index in [4.69, 9.17) is 9.47 Å². The van der Waals surface area contributed by atoms with Crippen molar-refractivity contribution in [3.63, 3.8) is 0 Å². The monoisotopic (exact) mass is 406 g/mol. The van der Waals surface area contributed by atoms with Crippen LogP contribution in [0.25, 0.3) is 43.4 Å². The van der Waals surface area contributed by atoms with Gasteiger partial charge in [-0.05, 0) is 88.5 Å². The van der Waals surface area contributed by atoms with Crippen LogP contribution in [0.3, 0.4) is 0 Å². The van der Waals surface area contributed by atoms with Crippen LogP contribution in [0.5, 0.6) is 11.5 Å². The Morgan fingerprint density at radius 2 is 1.16 bits per heavy atom. The average molecular weight is 407 g/mol. The molecule has 0 heterocycles. The molecule has 0 amide bonds. The van der Waals surface area contributed by atoms with Crippen molar-refractivity contribution >= 4 is 32.3 Å². The van der Waals surface area contributed by atoms with Crippen molar-refractivity contribution in [3.05, 3.63) is 84.4 Å². The van der Waals surface area contributed by atoms with E-state index in [9.17, 15) is 0 Å². The van der Waals surface area contributed by atoms with Crippen molar-refractivity contribution in [2.45, 2.75) is 20.8 Å². The van der Waals surface area contributed by atoms with Crippen LogP contribution < -0.4 is 9.47 Å². The summed E-state index contributed by atoms with van der Waals surface area (Å²) in [5.41, 5.74) is 3.53. The van der Waals surface area contributed by atoms with Crippen LogP contribution in [-0.4, -0.2) is 13.2 Å². The van der Waals surface area contributed by atoms with Gasteiger partial charge in [0.05, 0.1) is 13.2 Å². The molecule has 5 aromatic carbocycles. The van der Waals surface area contributed by atoms with Gasteiger partial charge in [-0.25, -0.2) is 0 Å². The number of ether oxygens (including phenoxy) is 2. The molecule has 0 aliphatic heterocycles. The first-order valence-corrected chi connectivity index (χ1v) is 10.9. The number of fused-ring (bicyclic) bond motifs is 5. The molecule has 2 heteroatoms. The Morgan fingerprint density at radius 3 is 1.87 bits per heavy atom. The van der Waals surface area contributed by atoms with Gasteiger partial charge in [0.15, 0.2) is 0 Å². The van der Waals surface area contributed by atoms with Gasteiger partial charge >= 0.3 is 0 Å². The highest BCUT2D eigenvalue weighted by atomic mass is 16.5. The Bertz CT molecular complexity index is 1420. The van der Waals surface area contributed by atoms with Crippen molar-refractivity contribution in [1.29, 1.82) is 0 Å². The Labute approximate surface area is 183 Å². The summed E-state index contributed by atoms with van der Waals surface area (Å²) in [4.78, 5) is 0. The van der Waals surface area contributed by atoms with Crippen molar-refractivity contribution in [1.82, 2.24) is 0 Å². The summed E-state index contributed by atoms with van der Waals surface area (Å²) in [6.07, 6.45) is 0. The molecule has 0 radical (unpaired) electrons. The maximum atomic E-state index is 6.04. The summed E-state index contributed by atoms with van der Waals surface area (Å²) in [5, 5.41) is 7.61. The molecular formula is C29H26O2. The molecule has 0 N–H and O–H groups in total. The molecule has 5 rings (SSSR count). The fourth-order valence-corrected chi connectivity index (χ4v) is 4.61. The number of rotatable bonds is 5. The highest BCUT2D eigenvalue weighted by Crippen LogP contribution is 2.42. The molecule has 2 nitrogen and oxygen atoms in total. The van der Waals surface area contributed by atoms with E-state index in [1.165, 1.54) is 43.4 Å². The summed E-state index contributed by atoms with van der Waals surface area (Å²) in [7, 11) is 0. The minimum Gasteiger partial charge on any atom is -0.494 e. The molecule has 31 heavy (non-hydrogen) atoms. The zero-order chi connectivity index (χ0) is 21.4. The summed E-state index contributed by atoms with van der Waals surface area (Å²) >= 11 is 0. The zero-order valence-electron chi connectivity index (χ0n) is 18.2. The van der Waals surface area contributed by atoms with Crippen molar-refractivity contribution < 1.29 is 9.47 Å². The van der Waals surface area contributed by atoms with Gasteiger partial charge in [0.2, 0.25) is 0 Å². The number of benzene rings is 5. The normalized spacial score (nSPS) is 11.3. The zero-order valence-corrected chi connectivity index (χ0v) is 18.2. The minimum absolute atomic E-state index is 0.620. The summed E-state index contributed by atoms with van der Waals surface area (Å²) in [6.45, 7) is 7.48. The van der Waals surface area contributed by atoms with Gasteiger partial charge in [0, 0.05) is 5.56 Å². The third kappa shape index (κ3) is 3.29. The van der Waals surface area contributed by atoms with Gasteiger partial charge < -0.3 is 9.47 Å². The molecule has 0 saturated carbocycles. The van der Waals surface area contributed by atoms with Crippen LogP contribution in [0, 0.1) is 6.92 Å². The van der Waals surface area contributed by atoms with E-state index >= 15 is 0 Å². The van der Waals surface area contributed by atoms with Gasteiger partial charge in [-0.1, -0.05) is 54.6 Å². The van der Waals surface area contributed by atoms with Gasteiger partial charge in [-0.2, -0.15) is 0 Å². The highest BCUT2D eigenvalue weighted by Gasteiger charge is 2.16. The van der Waals surface area contributed by atoms with Crippen LogP contribution in [0.4, 0.5) is 0 Å². The lowest BCUT2D eigenvalue weighted by Crippen LogP contribution is -1.97. The van der Waals surface area contributed by atoms with E-state index in [1.807, 2.05) is 26.0 Å². The maximum Gasteiger partial charge on any atom is 0.127 e. The smallest absolute Gasteiger partial charge is 0.127 e. The van der Waals surface area contributed by atoms with Crippen LogP contribution in [-0.2, 0) is 0 Å². The second-order valence-electron chi connectivity index (χ2n) is 7.83. The number of hydrogen-bond acceptors (Lipinski definition) is 2. The first kappa shape index (κ1) is 19.4. The second-order valence-corrected chi connectivity index (χ2v) is 7.83. The van der Waals surface area contributed by atoms with E-state index in [-0.39, 0.29) is 0 Å². The van der Waals surface area contributed by atoms with Crippen molar-refractivity contribution in [3.8, 4) is 22.6 Å². The van der Waals surface area contributed by atoms with Crippen LogP contribution in [0.1, 0.15) is 19.4 Å². The molecule has 5 aromatic rings. The van der Waals surface area contributed by atoms with Crippen molar-refractivity contribution in [2.24, 2.45) is 0 Å². The Hall–Kier alpha value is -3.52. The number of aryl methyl sites for hydroxylation is 1. The molecular weight excluding hydrogens is 380 g/mol. The third-order valence-corrected chi connectivity index (χ3v) is 5.94. The second kappa shape index (κ2) is 7.96. The van der Waals surface area contributed by atoms with Crippen LogP contribution in [0.15, 0.2) is 78.9 Å². The van der Waals surface area contributed by atoms with Gasteiger partial charge in [-0.15, -0.1) is 0 Å². The predicted molar refractivity (Wildman–Crippen MR) is 131 cm³/mol.